The topological polar surface area (TPSA) is 53.1 Å². The molecule has 1 aromatic carbocycles. The lowest BCUT2D eigenvalue weighted by Crippen LogP contribution is -2.50. The van der Waals surface area contributed by atoms with Crippen LogP contribution in [0.3, 0.4) is 0 Å². The summed E-state index contributed by atoms with van der Waals surface area (Å²) in [5.41, 5.74) is 2.36. The molecule has 27 heavy (non-hydrogen) atoms. The van der Waals surface area contributed by atoms with Gasteiger partial charge in [-0.1, -0.05) is 18.2 Å². The minimum atomic E-state index is 0.0749. The smallest absolute Gasteiger partial charge is 0.236 e. The molecule has 0 N–H and O–H groups in total. The van der Waals surface area contributed by atoms with E-state index in [9.17, 15) is 9.59 Å². The molecule has 0 spiro atoms. The third kappa shape index (κ3) is 4.01. The number of hydrogen-bond acceptors (Lipinski definition) is 4. The maximum atomic E-state index is 13.0. The summed E-state index contributed by atoms with van der Waals surface area (Å²) >= 11 is 0. The van der Waals surface area contributed by atoms with Gasteiger partial charge >= 0.3 is 0 Å². The predicted octanol–water partition coefficient (Wildman–Crippen LogP) is 1.54. The number of carbonyl (C=O) groups excluding carboxylic acids is 2. The molecule has 6 nitrogen and oxygen atoms in total. The summed E-state index contributed by atoms with van der Waals surface area (Å²) in [5.74, 6) is 0.516. The van der Waals surface area contributed by atoms with E-state index >= 15 is 0 Å². The Hall–Kier alpha value is -1.92. The molecule has 0 bridgehead atoms. The van der Waals surface area contributed by atoms with Gasteiger partial charge in [0.1, 0.15) is 0 Å². The van der Waals surface area contributed by atoms with E-state index in [1.54, 1.807) is 0 Å². The van der Waals surface area contributed by atoms with E-state index in [-0.39, 0.29) is 23.8 Å². The molecular weight excluding hydrogens is 342 g/mol. The second-order valence-electron chi connectivity index (χ2n) is 7.94. The maximum absolute atomic E-state index is 13.0. The standard InChI is InChI=1S/C21H29N3O3/c1-16-14-23(12-13-27-16)20(25)15-22-9-6-18(7-10-22)21(26)24-11-8-17-4-2-3-5-19(17)24/h2-5,16,18H,6-15H2,1H3. The third-order valence-corrected chi connectivity index (χ3v) is 6.04. The molecule has 0 aliphatic carbocycles. The number of carbonyl (C=O) groups is 2. The number of anilines is 1. The van der Waals surface area contributed by atoms with Crippen molar-refractivity contribution in [2.75, 3.05) is 50.8 Å². The van der Waals surface area contributed by atoms with Crippen LogP contribution in [0, 0.1) is 5.92 Å². The molecule has 1 aromatic rings. The summed E-state index contributed by atoms with van der Waals surface area (Å²) < 4.78 is 5.51. The lowest BCUT2D eigenvalue weighted by atomic mass is 9.95. The molecule has 146 valence electrons. The van der Waals surface area contributed by atoms with Gasteiger partial charge in [0.2, 0.25) is 11.8 Å². The third-order valence-electron chi connectivity index (χ3n) is 6.04. The summed E-state index contributed by atoms with van der Waals surface area (Å²) in [6, 6.07) is 8.21. The Labute approximate surface area is 161 Å². The SMILES string of the molecule is CC1CN(C(=O)CN2CCC(C(=O)N3CCc4ccccc43)CC2)CCO1. The number of morpholine rings is 1. The highest BCUT2D eigenvalue weighted by Crippen LogP contribution is 2.31. The molecule has 0 aromatic heterocycles. The minimum absolute atomic E-state index is 0.0749. The molecule has 0 saturated carbocycles. The molecule has 3 aliphatic heterocycles. The van der Waals surface area contributed by atoms with E-state index in [4.69, 9.17) is 4.74 Å². The first kappa shape index (κ1) is 18.4. The number of para-hydroxylation sites is 1. The van der Waals surface area contributed by atoms with Crippen LogP contribution >= 0.6 is 0 Å². The first-order valence-corrected chi connectivity index (χ1v) is 10.1. The number of nitrogens with zero attached hydrogens (tertiary/aromatic N) is 3. The van der Waals surface area contributed by atoms with Gasteiger partial charge in [0.25, 0.3) is 0 Å². The van der Waals surface area contributed by atoms with E-state index in [2.05, 4.69) is 17.0 Å². The van der Waals surface area contributed by atoms with Crippen molar-refractivity contribution in [3.05, 3.63) is 29.8 Å². The number of rotatable bonds is 3. The Morgan fingerprint density at radius 3 is 2.67 bits per heavy atom. The number of benzene rings is 1. The van der Waals surface area contributed by atoms with Gasteiger partial charge in [0, 0.05) is 31.2 Å². The van der Waals surface area contributed by atoms with Gasteiger partial charge in [-0.05, 0) is 50.9 Å². The Morgan fingerprint density at radius 2 is 1.89 bits per heavy atom. The van der Waals surface area contributed by atoms with E-state index in [0.717, 1.165) is 44.6 Å². The zero-order chi connectivity index (χ0) is 18.8. The molecule has 0 radical (unpaired) electrons. The number of fused-ring (bicyclic) bond motifs is 1. The van der Waals surface area contributed by atoms with Crippen molar-refractivity contribution in [1.82, 2.24) is 9.80 Å². The van der Waals surface area contributed by atoms with Crippen LogP contribution in [0.1, 0.15) is 25.3 Å². The fourth-order valence-corrected chi connectivity index (χ4v) is 4.46. The summed E-state index contributed by atoms with van der Waals surface area (Å²) in [6.07, 6.45) is 2.75. The van der Waals surface area contributed by atoms with Gasteiger partial charge in [-0.25, -0.2) is 0 Å². The van der Waals surface area contributed by atoms with Gasteiger partial charge in [-0.3, -0.25) is 14.5 Å². The van der Waals surface area contributed by atoms with Crippen molar-refractivity contribution in [2.24, 2.45) is 5.92 Å². The highest BCUT2D eigenvalue weighted by atomic mass is 16.5. The lowest BCUT2D eigenvalue weighted by Gasteiger charge is -2.36. The van der Waals surface area contributed by atoms with Gasteiger partial charge in [0.05, 0.1) is 19.3 Å². The summed E-state index contributed by atoms with van der Waals surface area (Å²) in [6.45, 7) is 6.89. The van der Waals surface area contributed by atoms with Gasteiger partial charge < -0.3 is 14.5 Å². The Morgan fingerprint density at radius 1 is 1.11 bits per heavy atom. The quantitative estimate of drug-likeness (QED) is 0.809. The molecule has 4 rings (SSSR count). The van der Waals surface area contributed by atoms with E-state index in [0.29, 0.717) is 26.2 Å². The highest BCUT2D eigenvalue weighted by molar-refractivity contribution is 5.97. The summed E-state index contributed by atoms with van der Waals surface area (Å²) in [4.78, 5) is 31.6. The van der Waals surface area contributed by atoms with Gasteiger partial charge in [0.15, 0.2) is 0 Å². The highest BCUT2D eigenvalue weighted by Gasteiger charge is 2.33. The first-order valence-electron chi connectivity index (χ1n) is 10.1. The van der Waals surface area contributed by atoms with Crippen LogP contribution in [0.2, 0.25) is 0 Å². The number of ether oxygens (including phenoxy) is 1. The van der Waals surface area contributed by atoms with E-state index in [1.165, 1.54) is 5.56 Å². The monoisotopic (exact) mass is 371 g/mol. The summed E-state index contributed by atoms with van der Waals surface area (Å²) in [7, 11) is 0. The van der Waals surface area contributed by atoms with Crippen LogP contribution in [0.5, 0.6) is 0 Å². The molecule has 3 aliphatic rings. The molecule has 1 unspecified atom stereocenters. The molecule has 2 amide bonds. The molecule has 6 heteroatoms. The molecule has 2 fully saturated rings. The van der Waals surface area contributed by atoms with Crippen LogP contribution < -0.4 is 4.90 Å². The Bertz CT molecular complexity index is 700. The maximum Gasteiger partial charge on any atom is 0.236 e. The van der Waals surface area contributed by atoms with Crippen LogP contribution in [-0.4, -0.2) is 73.6 Å². The van der Waals surface area contributed by atoms with Crippen LogP contribution in [-0.2, 0) is 20.7 Å². The second-order valence-corrected chi connectivity index (χ2v) is 7.94. The Kier molecular flexibility index (Phi) is 5.45. The molecule has 1 atom stereocenters. The minimum Gasteiger partial charge on any atom is -0.375 e. The zero-order valence-corrected chi connectivity index (χ0v) is 16.1. The number of hydrogen-bond donors (Lipinski definition) is 0. The zero-order valence-electron chi connectivity index (χ0n) is 16.1. The number of piperidine rings is 1. The number of likely N-dealkylation sites (tertiary alicyclic amines) is 1. The lowest BCUT2D eigenvalue weighted by molar-refractivity contribution is -0.139. The second kappa shape index (κ2) is 7.98. The van der Waals surface area contributed by atoms with Crippen molar-refractivity contribution in [3.8, 4) is 0 Å². The van der Waals surface area contributed by atoms with Crippen molar-refractivity contribution in [2.45, 2.75) is 32.3 Å². The van der Waals surface area contributed by atoms with E-state index < -0.39 is 0 Å². The van der Waals surface area contributed by atoms with E-state index in [1.807, 2.05) is 28.9 Å². The average molecular weight is 371 g/mol. The predicted molar refractivity (Wildman–Crippen MR) is 104 cm³/mol. The van der Waals surface area contributed by atoms with Crippen LogP contribution in [0.4, 0.5) is 5.69 Å². The van der Waals surface area contributed by atoms with Crippen LogP contribution in [0.15, 0.2) is 24.3 Å². The van der Waals surface area contributed by atoms with Crippen molar-refractivity contribution >= 4 is 17.5 Å². The average Bonchev–Trinajstić information content (AvgIpc) is 3.12. The van der Waals surface area contributed by atoms with Gasteiger partial charge in [-0.2, -0.15) is 0 Å². The molecule has 3 heterocycles. The molecule has 2 saturated heterocycles. The van der Waals surface area contributed by atoms with Crippen molar-refractivity contribution < 1.29 is 14.3 Å². The normalized spacial score (nSPS) is 24.1. The first-order chi connectivity index (χ1) is 13.1. The Balaban J connectivity index is 1.28. The van der Waals surface area contributed by atoms with Crippen LogP contribution in [0.25, 0.3) is 0 Å². The number of amides is 2. The van der Waals surface area contributed by atoms with Gasteiger partial charge in [-0.15, -0.1) is 0 Å². The fraction of sp³-hybridized carbons (Fsp3) is 0.619. The summed E-state index contributed by atoms with van der Waals surface area (Å²) in [5, 5.41) is 0. The van der Waals surface area contributed by atoms with Crippen molar-refractivity contribution in [3.63, 3.8) is 0 Å². The molecular formula is C21H29N3O3. The largest absolute Gasteiger partial charge is 0.375 e. The van der Waals surface area contributed by atoms with Crippen molar-refractivity contribution in [1.29, 1.82) is 0 Å². The fourth-order valence-electron chi connectivity index (χ4n) is 4.46.